The van der Waals surface area contributed by atoms with Gasteiger partial charge in [0.1, 0.15) is 41.9 Å². The second-order valence-corrected chi connectivity index (χ2v) is 19.6. The molecule has 26 nitrogen and oxygen atoms in total. The molecule has 0 spiro atoms. The van der Waals surface area contributed by atoms with Gasteiger partial charge in [-0.05, 0) is 75.8 Å². The van der Waals surface area contributed by atoms with Crippen molar-refractivity contribution in [3.8, 4) is 0 Å². The molecule has 1 unspecified atom stereocenters. The average molecular weight is 1080 g/mol. The second-order valence-electron chi connectivity index (χ2n) is 18.7. The molecule has 5 rings (SSSR count). The minimum atomic E-state index is -1.33. The Labute approximate surface area is 442 Å². The highest BCUT2D eigenvalue weighted by Crippen LogP contribution is 2.36. The number of hydrogen-bond acceptors (Lipinski definition) is 16. The first-order chi connectivity index (χ1) is 36.4. The maximum atomic E-state index is 14.0. The summed E-state index contributed by atoms with van der Waals surface area (Å²) < 4.78 is 0. The number of imidazole rings is 1. The van der Waals surface area contributed by atoms with Crippen LogP contribution in [0.3, 0.4) is 0 Å². The number of aromatic amines is 1. The highest BCUT2D eigenvalue weighted by atomic mass is 32.2. The fourth-order valence-electron chi connectivity index (χ4n) is 9.18. The Bertz CT molecular complexity index is 2550. The van der Waals surface area contributed by atoms with Gasteiger partial charge in [0.05, 0.1) is 34.3 Å². The third kappa shape index (κ3) is 17.4. The highest BCUT2D eigenvalue weighted by molar-refractivity contribution is 7.98. The van der Waals surface area contributed by atoms with Crippen LogP contribution in [0.4, 0.5) is 22.7 Å². The van der Waals surface area contributed by atoms with E-state index in [2.05, 4.69) is 52.5 Å². The number of nitro benzene ring substituents is 2. The van der Waals surface area contributed by atoms with E-state index in [1.54, 1.807) is 37.6 Å². The van der Waals surface area contributed by atoms with Gasteiger partial charge < -0.3 is 57.5 Å². The number of nitrogens with one attached hydrogen (secondary N) is 9. The Morgan fingerprint density at radius 3 is 2.21 bits per heavy atom. The molecule has 412 valence electrons. The zero-order chi connectivity index (χ0) is 55.3. The van der Waals surface area contributed by atoms with Gasteiger partial charge in [0.25, 0.3) is 17.3 Å². The van der Waals surface area contributed by atoms with E-state index < -0.39 is 105 Å². The first-order valence-corrected chi connectivity index (χ1v) is 26.5. The summed E-state index contributed by atoms with van der Waals surface area (Å²) >= 11 is 1.20. The molecule has 1 aliphatic heterocycles. The summed E-state index contributed by atoms with van der Waals surface area (Å²) in [5.74, 6) is -5.95. The van der Waals surface area contributed by atoms with E-state index in [0.29, 0.717) is 36.2 Å². The number of benzene rings is 2. The number of thioether (sulfide) groups is 1. The Balaban J connectivity index is 1.17. The van der Waals surface area contributed by atoms with Crippen molar-refractivity contribution in [2.75, 3.05) is 48.9 Å². The summed E-state index contributed by atoms with van der Waals surface area (Å²) in [7, 11) is 1.70. The van der Waals surface area contributed by atoms with Gasteiger partial charge in [-0.15, -0.1) is 0 Å². The van der Waals surface area contributed by atoms with Crippen LogP contribution in [0, 0.1) is 26.1 Å². The number of rotatable bonds is 29. The molecule has 6 atom stereocenters. The standard InChI is InChI=1S/C49H67N13O13S/c1-29(43(64)57-35(49(70)71)16-9-10-20-52-44(65)33-14-7-8-15-34(33)50-2)55-46(67)37(23-31-25-51-28-54-31)58-47(68)38(27-76-3)56-42(63)26-53-45(66)36(22-30-12-5-4-6-13-30)59-48(69)40-17-11-21-60(40)39-19-18-32(61(72)73)24-41(39)62(74)75/h7-8,14-15,18-19,24-25,28-30,35-38,40,50H,4-6,9-13,16-17,20-23,26-27H2,1-3H3,(H,51,54)(H,52,65)(H,53,66)(H,55,67)(H,56,63)(H,57,64)(H,58,68)(H,59,69)(H,70,71)/t29-,35-,36?,37-,38+,40-/m0/s1. The van der Waals surface area contributed by atoms with Gasteiger partial charge >= 0.3 is 5.97 Å². The number of anilines is 2. The minimum Gasteiger partial charge on any atom is -0.480 e. The number of carbonyl (C=O) groups excluding carboxylic acids is 7. The molecule has 7 amide bonds. The van der Waals surface area contributed by atoms with Gasteiger partial charge in [-0.3, -0.25) is 53.8 Å². The number of H-pyrrole nitrogens is 1. The van der Waals surface area contributed by atoms with Crippen molar-refractivity contribution in [2.24, 2.45) is 5.92 Å². The van der Waals surface area contributed by atoms with E-state index in [1.807, 2.05) is 0 Å². The number of nitrogens with zero attached hydrogens (tertiary/aromatic N) is 4. The molecular formula is C49H67N13O13S. The topological polar surface area (TPSA) is 371 Å². The van der Waals surface area contributed by atoms with Crippen LogP contribution in [0.15, 0.2) is 55.0 Å². The van der Waals surface area contributed by atoms with Gasteiger partial charge in [-0.1, -0.05) is 44.2 Å². The maximum Gasteiger partial charge on any atom is 0.326 e. The number of amides is 7. The number of para-hydroxylation sites is 1. The molecule has 0 bridgehead atoms. The Morgan fingerprint density at radius 2 is 1.54 bits per heavy atom. The molecule has 76 heavy (non-hydrogen) atoms. The van der Waals surface area contributed by atoms with E-state index in [0.717, 1.165) is 44.2 Å². The molecule has 1 aliphatic carbocycles. The summed E-state index contributed by atoms with van der Waals surface area (Å²) in [6, 6.07) is 2.94. The van der Waals surface area contributed by atoms with Crippen molar-refractivity contribution in [3.63, 3.8) is 0 Å². The molecular weight excluding hydrogens is 1010 g/mol. The number of non-ortho nitro benzene ring substituents is 1. The van der Waals surface area contributed by atoms with Gasteiger partial charge in [-0.2, -0.15) is 11.8 Å². The molecule has 2 aliphatic rings. The molecule has 1 saturated heterocycles. The number of aliphatic carboxylic acids is 1. The number of carbonyl (C=O) groups is 8. The third-order valence-corrected chi connectivity index (χ3v) is 13.9. The van der Waals surface area contributed by atoms with E-state index in [9.17, 15) is 63.7 Å². The maximum absolute atomic E-state index is 14.0. The van der Waals surface area contributed by atoms with Crippen LogP contribution in [0.2, 0.25) is 0 Å². The zero-order valence-electron chi connectivity index (χ0n) is 42.6. The highest BCUT2D eigenvalue weighted by Gasteiger charge is 2.38. The van der Waals surface area contributed by atoms with Crippen LogP contribution in [-0.4, -0.2) is 147 Å². The number of carboxylic acids is 1. The Kier molecular flexibility index (Phi) is 22.8. The van der Waals surface area contributed by atoms with E-state index >= 15 is 0 Å². The summed E-state index contributed by atoms with van der Waals surface area (Å²) in [6.07, 6.45) is 10.6. The number of carboxylic acid groups (broad SMARTS) is 1. The first-order valence-electron chi connectivity index (χ1n) is 25.1. The molecule has 10 N–H and O–H groups in total. The molecule has 1 aromatic heterocycles. The molecule has 0 radical (unpaired) electrons. The number of unbranched alkanes of at least 4 members (excludes halogenated alkanes) is 1. The van der Waals surface area contributed by atoms with Gasteiger partial charge in [0.15, 0.2) is 0 Å². The monoisotopic (exact) mass is 1080 g/mol. The average Bonchev–Trinajstić information content (AvgIpc) is 4.13. The van der Waals surface area contributed by atoms with Gasteiger partial charge in [0, 0.05) is 56.0 Å². The normalized spacial score (nSPS) is 16.4. The SMILES string of the molecule is CNc1ccccc1C(=O)NCCCC[C@H](NC(=O)[C@H](C)NC(=O)[C@H](Cc1cnc[nH]1)NC(=O)[C@@H](CSC)NC(=O)CNC(=O)C(CC1CCCCC1)NC(=O)[C@@H]1CCCN1c1ccc([N+](=O)[O-])cc1[N+](=O)[O-])C(=O)O. The van der Waals surface area contributed by atoms with Crippen LogP contribution in [0.5, 0.6) is 0 Å². The van der Waals surface area contributed by atoms with Crippen molar-refractivity contribution in [1.29, 1.82) is 0 Å². The molecule has 27 heteroatoms. The van der Waals surface area contributed by atoms with E-state index in [1.165, 1.54) is 42.2 Å². The first kappa shape index (κ1) is 59.0. The van der Waals surface area contributed by atoms with Crippen molar-refractivity contribution in [1.82, 2.24) is 47.2 Å². The van der Waals surface area contributed by atoms with Crippen LogP contribution in [0.1, 0.15) is 93.6 Å². The lowest BCUT2D eigenvalue weighted by molar-refractivity contribution is -0.393. The summed E-state index contributed by atoms with van der Waals surface area (Å²) in [5.41, 5.74) is 0.531. The fraction of sp³-hybridized carbons (Fsp3) is 0.531. The minimum absolute atomic E-state index is 0.0234. The number of nitro groups is 2. The third-order valence-electron chi connectivity index (χ3n) is 13.2. The summed E-state index contributed by atoms with van der Waals surface area (Å²) in [5, 5.41) is 54.6. The Hall–Kier alpha value is -7.84. The molecule has 2 heterocycles. The van der Waals surface area contributed by atoms with Crippen LogP contribution in [0.25, 0.3) is 0 Å². The number of aromatic nitrogens is 2. The van der Waals surface area contributed by atoms with E-state index in [-0.39, 0.29) is 62.0 Å². The van der Waals surface area contributed by atoms with Crippen molar-refractivity contribution >= 4 is 81.8 Å². The fourth-order valence-corrected chi connectivity index (χ4v) is 9.75. The van der Waals surface area contributed by atoms with Gasteiger partial charge in [0.2, 0.25) is 35.4 Å². The Morgan fingerprint density at radius 1 is 0.816 bits per heavy atom. The van der Waals surface area contributed by atoms with E-state index in [4.69, 9.17) is 0 Å². The van der Waals surface area contributed by atoms with Crippen molar-refractivity contribution < 1.29 is 53.3 Å². The quantitative estimate of drug-likeness (QED) is 0.0270. The second kappa shape index (κ2) is 29.3. The number of hydrogen-bond donors (Lipinski definition) is 10. The summed E-state index contributed by atoms with van der Waals surface area (Å²) in [6.45, 7) is 1.23. The lowest BCUT2D eigenvalue weighted by atomic mass is 9.84. The molecule has 3 aromatic rings. The lowest BCUT2D eigenvalue weighted by Gasteiger charge is -2.30. The summed E-state index contributed by atoms with van der Waals surface area (Å²) in [4.78, 5) is 137. The van der Waals surface area contributed by atoms with Gasteiger partial charge in [-0.25, -0.2) is 9.78 Å². The zero-order valence-corrected chi connectivity index (χ0v) is 43.4. The predicted octanol–water partition coefficient (Wildman–Crippen LogP) is 2.06. The largest absolute Gasteiger partial charge is 0.480 e. The van der Waals surface area contributed by atoms with Crippen LogP contribution >= 0.6 is 11.8 Å². The van der Waals surface area contributed by atoms with Crippen molar-refractivity contribution in [3.05, 3.63) is 86.5 Å². The van der Waals surface area contributed by atoms with Crippen molar-refractivity contribution in [2.45, 2.75) is 120 Å². The lowest BCUT2D eigenvalue weighted by Crippen LogP contribution is -2.58. The molecule has 2 fully saturated rings. The molecule has 1 saturated carbocycles. The molecule has 2 aromatic carbocycles. The van der Waals surface area contributed by atoms with Crippen LogP contribution < -0.4 is 47.4 Å². The van der Waals surface area contributed by atoms with Crippen LogP contribution in [-0.2, 0) is 40.0 Å². The smallest absolute Gasteiger partial charge is 0.326 e. The predicted molar refractivity (Wildman–Crippen MR) is 280 cm³/mol.